The first kappa shape index (κ1) is 14.1. The van der Waals surface area contributed by atoms with Crippen molar-refractivity contribution in [2.45, 2.75) is 12.8 Å². The van der Waals surface area contributed by atoms with E-state index in [9.17, 15) is 14.4 Å². The summed E-state index contributed by atoms with van der Waals surface area (Å²) in [5.74, 6) is -0.154. The number of carbonyl (C=O) groups excluding carboxylic acids is 1. The van der Waals surface area contributed by atoms with E-state index in [1.54, 1.807) is 29.2 Å². The van der Waals surface area contributed by atoms with Crippen LogP contribution in [0.15, 0.2) is 33.9 Å². The number of H-pyrrole nitrogens is 1. The van der Waals surface area contributed by atoms with Gasteiger partial charge in [-0.25, -0.2) is 4.79 Å². The van der Waals surface area contributed by atoms with E-state index in [2.05, 4.69) is 10.1 Å². The van der Waals surface area contributed by atoms with Crippen molar-refractivity contribution in [3.8, 4) is 11.6 Å². The minimum absolute atomic E-state index is 0.0523. The Kier molecular flexibility index (Phi) is 3.50. The molecule has 114 valence electrons. The van der Waals surface area contributed by atoms with E-state index in [4.69, 9.17) is 4.74 Å². The van der Waals surface area contributed by atoms with Crippen molar-refractivity contribution in [1.82, 2.24) is 14.8 Å². The molecule has 1 saturated heterocycles. The van der Waals surface area contributed by atoms with Crippen molar-refractivity contribution in [3.63, 3.8) is 0 Å². The van der Waals surface area contributed by atoms with E-state index in [1.807, 2.05) is 0 Å². The lowest BCUT2D eigenvalue weighted by atomic mass is 10.2. The van der Waals surface area contributed by atoms with E-state index in [0.29, 0.717) is 24.3 Å². The van der Waals surface area contributed by atoms with Gasteiger partial charge in [-0.2, -0.15) is 4.68 Å². The molecule has 8 heteroatoms. The quantitative estimate of drug-likeness (QED) is 0.864. The minimum atomic E-state index is -0.686. The third kappa shape index (κ3) is 2.39. The molecule has 0 unspecified atom stereocenters. The van der Waals surface area contributed by atoms with Gasteiger partial charge in [-0.15, -0.1) is 5.10 Å². The average molecular weight is 302 g/mol. The van der Waals surface area contributed by atoms with Crippen LogP contribution in [0.3, 0.4) is 0 Å². The van der Waals surface area contributed by atoms with Crippen LogP contribution in [-0.4, -0.2) is 34.3 Å². The summed E-state index contributed by atoms with van der Waals surface area (Å²) >= 11 is 0. The second kappa shape index (κ2) is 5.47. The highest BCUT2D eigenvalue weighted by Crippen LogP contribution is 2.23. The maximum Gasteiger partial charge on any atom is 0.349 e. The number of aromatic nitrogens is 3. The highest BCUT2D eigenvalue weighted by molar-refractivity contribution is 5.95. The van der Waals surface area contributed by atoms with Crippen LogP contribution in [0.2, 0.25) is 0 Å². The van der Waals surface area contributed by atoms with Gasteiger partial charge in [-0.3, -0.25) is 14.6 Å². The molecule has 1 amide bonds. The van der Waals surface area contributed by atoms with E-state index < -0.39 is 11.2 Å². The second-order valence-corrected chi connectivity index (χ2v) is 4.85. The van der Waals surface area contributed by atoms with Gasteiger partial charge in [-0.1, -0.05) is 6.07 Å². The number of hydrogen-bond donors (Lipinski definition) is 1. The molecule has 8 nitrogen and oxygen atoms in total. The number of aromatic amines is 1. The molecule has 2 aromatic rings. The van der Waals surface area contributed by atoms with E-state index >= 15 is 0 Å². The van der Waals surface area contributed by atoms with Crippen LogP contribution in [0.25, 0.3) is 5.69 Å². The molecule has 0 bridgehead atoms. The fourth-order valence-corrected chi connectivity index (χ4v) is 2.41. The van der Waals surface area contributed by atoms with Crippen molar-refractivity contribution in [2.75, 3.05) is 18.6 Å². The molecule has 0 radical (unpaired) electrons. The van der Waals surface area contributed by atoms with Gasteiger partial charge in [0.25, 0.3) is 5.88 Å². The number of hydrogen-bond acceptors (Lipinski definition) is 5. The number of benzene rings is 1. The second-order valence-electron chi connectivity index (χ2n) is 4.85. The summed E-state index contributed by atoms with van der Waals surface area (Å²) in [6.45, 7) is 0.652. The van der Waals surface area contributed by atoms with Crippen LogP contribution >= 0.6 is 0 Å². The number of nitrogens with one attached hydrogen (secondary N) is 1. The summed E-state index contributed by atoms with van der Waals surface area (Å²) in [5, 5.41) is 3.88. The highest BCUT2D eigenvalue weighted by atomic mass is 16.5. The summed E-state index contributed by atoms with van der Waals surface area (Å²) in [4.78, 5) is 39.0. The Bertz CT molecular complexity index is 839. The third-order valence-electron chi connectivity index (χ3n) is 3.45. The van der Waals surface area contributed by atoms with Crippen LogP contribution in [0.5, 0.6) is 5.88 Å². The Morgan fingerprint density at radius 1 is 1.23 bits per heavy atom. The number of ether oxygens (including phenoxy) is 1. The average Bonchev–Trinajstić information content (AvgIpc) is 2.94. The lowest BCUT2D eigenvalue weighted by Gasteiger charge is -2.16. The van der Waals surface area contributed by atoms with Gasteiger partial charge >= 0.3 is 11.2 Å². The van der Waals surface area contributed by atoms with Crippen LogP contribution in [0.1, 0.15) is 12.8 Å². The van der Waals surface area contributed by atoms with Crippen molar-refractivity contribution in [2.24, 2.45) is 0 Å². The van der Waals surface area contributed by atoms with Crippen LogP contribution in [0.4, 0.5) is 5.69 Å². The number of anilines is 1. The Labute approximate surface area is 125 Å². The van der Waals surface area contributed by atoms with Crippen molar-refractivity contribution < 1.29 is 9.53 Å². The smallest absolute Gasteiger partial charge is 0.349 e. The zero-order chi connectivity index (χ0) is 15.7. The third-order valence-corrected chi connectivity index (χ3v) is 3.45. The predicted molar refractivity (Wildman–Crippen MR) is 78.6 cm³/mol. The van der Waals surface area contributed by atoms with Gasteiger partial charge in [-0.05, 0) is 24.6 Å². The first-order valence-electron chi connectivity index (χ1n) is 6.78. The van der Waals surface area contributed by atoms with Crippen molar-refractivity contribution in [1.29, 1.82) is 0 Å². The summed E-state index contributed by atoms with van der Waals surface area (Å²) in [6.07, 6.45) is 1.34. The molecule has 1 fully saturated rings. The number of carbonyl (C=O) groups is 1. The molecular formula is C14H14N4O4. The summed E-state index contributed by atoms with van der Waals surface area (Å²) < 4.78 is 5.86. The lowest BCUT2D eigenvalue weighted by molar-refractivity contribution is -0.117. The topological polar surface area (TPSA) is 97.3 Å². The Morgan fingerprint density at radius 2 is 2.00 bits per heavy atom. The molecule has 2 heterocycles. The van der Waals surface area contributed by atoms with E-state index in [0.717, 1.165) is 11.1 Å². The molecule has 1 N–H and O–H groups in total. The number of methoxy groups -OCH3 is 1. The zero-order valence-corrected chi connectivity index (χ0v) is 11.9. The first-order valence-corrected chi connectivity index (χ1v) is 6.78. The molecule has 0 saturated carbocycles. The van der Waals surface area contributed by atoms with Crippen molar-refractivity contribution >= 4 is 11.6 Å². The molecule has 0 atom stereocenters. The molecule has 0 spiro atoms. The zero-order valence-electron chi connectivity index (χ0n) is 11.9. The molecule has 3 rings (SSSR count). The molecule has 1 aliphatic heterocycles. The van der Waals surface area contributed by atoms with Crippen molar-refractivity contribution in [3.05, 3.63) is 45.1 Å². The fourth-order valence-electron chi connectivity index (χ4n) is 2.41. The SMILES string of the molecule is COc1nn(-c2cccc(N3CCCC3=O)c2)c(=O)[nH]c1=O. The molecular weight excluding hydrogens is 288 g/mol. The maximum atomic E-state index is 11.9. The van der Waals surface area contributed by atoms with Gasteiger partial charge < -0.3 is 9.64 Å². The molecule has 22 heavy (non-hydrogen) atoms. The van der Waals surface area contributed by atoms with Crippen LogP contribution in [0, 0.1) is 0 Å². The largest absolute Gasteiger partial charge is 0.476 e. The maximum absolute atomic E-state index is 11.9. The summed E-state index contributed by atoms with van der Waals surface area (Å²) in [5.41, 5.74) is -0.221. The van der Waals surface area contributed by atoms with E-state index in [1.165, 1.54) is 7.11 Å². The standard InChI is InChI=1S/C14H14N4O4/c1-22-13-12(20)15-14(21)18(16-13)10-5-2-4-9(8-10)17-7-3-6-11(17)19/h2,4-5,8H,3,6-7H2,1H3,(H,15,20,21). The molecule has 1 aromatic carbocycles. The normalized spacial score (nSPS) is 14.4. The lowest BCUT2D eigenvalue weighted by Crippen LogP contribution is -2.32. The summed E-state index contributed by atoms with van der Waals surface area (Å²) in [7, 11) is 1.30. The minimum Gasteiger partial charge on any atom is -0.476 e. The summed E-state index contributed by atoms with van der Waals surface area (Å²) in [6, 6.07) is 6.86. The predicted octanol–water partition coefficient (Wildman–Crippen LogP) is 0.0562. The fraction of sp³-hybridized carbons (Fsp3) is 0.286. The Morgan fingerprint density at radius 3 is 2.68 bits per heavy atom. The van der Waals surface area contributed by atoms with Gasteiger partial charge in [0.15, 0.2) is 0 Å². The molecule has 0 aliphatic carbocycles. The Hall–Kier alpha value is -2.90. The first-order chi connectivity index (χ1) is 10.6. The van der Waals surface area contributed by atoms with Gasteiger partial charge in [0, 0.05) is 18.7 Å². The van der Waals surface area contributed by atoms with Crippen LogP contribution in [-0.2, 0) is 4.79 Å². The number of amides is 1. The van der Waals surface area contributed by atoms with E-state index in [-0.39, 0.29) is 11.8 Å². The highest BCUT2D eigenvalue weighted by Gasteiger charge is 2.22. The monoisotopic (exact) mass is 302 g/mol. The van der Waals surface area contributed by atoms with Gasteiger partial charge in [0.2, 0.25) is 5.91 Å². The molecule has 1 aromatic heterocycles. The van der Waals surface area contributed by atoms with Gasteiger partial charge in [0.05, 0.1) is 12.8 Å². The van der Waals surface area contributed by atoms with Gasteiger partial charge in [0.1, 0.15) is 0 Å². The molecule has 1 aliphatic rings. The number of rotatable bonds is 3. The number of nitrogens with zero attached hydrogens (tertiary/aromatic N) is 3. The Balaban J connectivity index is 2.08. The van der Waals surface area contributed by atoms with Crippen LogP contribution < -0.4 is 20.9 Å².